The molecule has 15 heteroatoms. The van der Waals surface area contributed by atoms with E-state index in [0.29, 0.717) is 24.4 Å². The summed E-state index contributed by atoms with van der Waals surface area (Å²) in [6, 6.07) is 0. The van der Waals surface area contributed by atoms with E-state index < -0.39 is 77.0 Å². The van der Waals surface area contributed by atoms with Gasteiger partial charge in [0, 0.05) is 94.1 Å². The highest BCUT2D eigenvalue weighted by atomic mass is 16.7. The fourth-order valence-electron chi connectivity index (χ4n) is 8.80. The third-order valence-corrected chi connectivity index (χ3v) is 12.5. The smallest absolute Gasteiger partial charge is 0.312 e. The van der Waals surface area contributed by atoms with Gasteiger partial charge in [-0.25, -0.2) is 4.99 Å². The number of ether oxygens (including phenoxy) is 4. The number of nitrogens with one attached hydrogen (secondary N) is 1. The summed E-state index contributed by atoms with van der Waals surface area (Å²) in [5.74, 6) is -5.94. The van der Waals surface area contributed by atoms with Crippen molar-refractivity contribution in [2.75, 3.05) is 32.1 Å². The van der Waals surface area contributed by atoms with Crippen molar-refractivity contribution in [1.29, 1.82) is 0 Å². The van der Waals surface area contributed by atoms with Crippen molar-refractivity contribution in [1.82, 2.24) is 4.90 Å². The lowest BCUT2D eigenvalue weighted by Gasteiger charge is -2.38. The second-order valence-corrected chi connectivity index (χ2v) is 17.5. The highest BCUT2D eigenvalue weighted by Crippen LogP contribution is 2.51. The van der Waals surface area contributed by atoms with Crippen LogP contribution < -0.4 is 20.8 Å². The first-order valence-electron chi connectivity index (χ1n) is 20.8. The van der Waals surface area contributed by atoms with Crippen LogP contribution in [0.3, 0.4) is 0 Å². The maximum absolute atomic E-state index is 14.7. The molecule has 4 bridgehead atoms. The number of anilines is 1. The molecule has 4 aliphatic heterocycles. The molecule has 0 saturated carbocycles. The number of esters is 1. The number of aromatic hydroxyl groups is 2. The molecular formula is C45H60N4O11. The van der Waals surface area contributed by atoms with Crippen LogP contribution in [0.25, 0.3) is 10.8 Å². The maximum atomic E-state index is 14.7. The van der Waals surface area contributed by atoms with E-state index in [2.05, 4.69) is 29.1 Å². The summed E-state index contributed by atoms with van der Waals surface area (Å²) in [6.45, 7) is 17.7. The Kier molecular flexibility index (Phi) is 12.9. The van der Waals surface area contributed by atoms with Crippen LogP contribution >= 0.6 is 0 Å². The summed E-state index contributed by atoms with van der Waals surface area (Å²) >= 11 is 0. The molecule has 1 saturated heterocycles. The highest BCUT2D eigenvalue weighted by molar-refractivity contribution is 6.21. The number of carbonyl (C=O) groups is 3. The molecule has 326 valence electrons. The minimum Gasteiger partial charge on any atom is -0.507 e. The molecular weight excluding hydrogens is 773 g/mol. The Morgan fingerprint density at radius 3 is 2.33 bits per heavy atom. The number of Topliss-reactive ketones (excluding diaryl/α,β-unsaturated/α-hetero) is 1. The van der Waals surface area contributed by atoms with Gasteiger partial charge in [0.2, 0.25) is 0 Å². The van der Waals surface area contributed by atoms with Crippen LogP contribution in [0.15, 0.2) is 46.1 Å². The summed E-state index contributed by atoms with van der Waals surface area (Å²) in [5, 5.41) is 50.3. The molecule has 15 nitrogen and oxygen atoms in total. The number of carbonyl (C=O) groups excluding carboxylic acids is 3. The number of hydrogen-bond donors (Lipinski definition) is 5. The molecule has 8 atom stereocenters. The number of aliphatic hydroxyl groups excluding tert-OH is 2. The molecule has 6 rings (SSSR count). The van der Waals surface area contributed by atoms with Gasteiger partial charge < -0.3 is 49.6 Å². The number of piperidine rings is 1. The van der Waals surface area contributed by atoms with Crippen LogP contribution in [-0.2, 0) is 23.8 Å². The lowest BCUT2D eigenvalue weighted by Crippen LogP contribution is -2.47. The van der Waals surface area contributed by atoms with Crippen LogP contribution in [-0.4, -0.2) is 106 Å². The van der Waals surface area contributed by atoms with Crippen LogP contribution in [0.5, 0.6) is 17.2 Å². The van der Waals surface area contributed by atoms with Crippen molar-refractivity contribution in [2.45, 2.75) is 117 Å². The van der Waals surface area contributed by atoms with Crippen molar-refractivity contribution in [3.63, 3.8) is 0 Å². The first kappa shape index (κ1) is 44.7. The molecule has 0 radical (unpaired) electrons. The fraction of sp³-hybridized carbons (Fsp3) is 0.578. The second kappa shape index (κ2) is 17.3. The largest absolute Gasteiger partial charge is 0.507 e. The minimum absolute atomic E-state index is 0.0553. The predicted octanol–water partition coefficient (Wildman–Crippen LogP) is 4.50. The number of phenolic OH excluding ortho intramolecular Hbond substituents is 2. The Balaban J connectivity index is 1.54. The van der Waals surface area contributed by atoms with E-state index in [1.165, 1.54) is 39.4 Å². The standard InChI is InChI=1S/C45H60N4O11/c1-22(2)21-49-17-15-45(16-18-49)47-34-31-32-39(53)27(7)41-33(31)42(55)44(9,60-41)58-19-14-29(57-10)20-30(59-28(8)50)25(5)38(52)26(6)37(51)23(3)12-11-13-24(4)43(56)46-36(40(32)54)35(34)48-45/h11-14,19,22-23,25-26,29-30,37-38,47,51-54H,15-18,20-21H2,1-10H3/b12-11+,19-14+,24-13-,46-36?/t23-,25-,26+,29-,30+,37-,38-,44-/m0/s1. The molecule has 2 aromatic rings. The average Bonchev–Trinajstić information content (AvgIpc) is 3.70. The van der Waals surface area contributed by atoms with Gasteiger partial charge in [-0.15, -0.1) is 0 Å². The van der Waals surface area contributed by atoms with Crippen molar-refractivity contribution in [3.8, 4) is 17.2 Å². The van der Waals surface area contributed by atoms with Gasteiger partial charge in [0.25, 0.3) is 11.7 Å². The van der Waals surface area contributed by atoms with Crippen molar-refractivity contribution < 1.29 is 53.8 Å². The van der Waals surface area contributed by atoms with E-state index >= 15 is 0 Å². The summed E-state index contributed by atoms with van der Waals surface area (Å²) in [5.41, 5.74) is -0.103. The van der Waals surface area contributed by atoms with E-state index in [-0.39, 0.29) is 56.1 Å². The Bertz CT molecular complexity index is 2260. The summed E-state index contributed by atoms with van der Waals surface area (Å²) < 4.78 is 23.7. The van der Waals surface area contributed by atoms with Gasteiger partial charge in [-0.2, -0.15) is 0 Å². The zero-order chi connectivity index (χ0) is 44.0. The first-order chi connectivity index (χ1) is 28.2. The van der Waals surface area contributed by atoms with Crippen LogP contribution in [0, 0.1) is 30.6 Å². The number of ketones is 1. The molecule has 4 aliphatic rings. The van der Waals surface area contributed by atoms with E-state index in [1.807, 2.05) is 0 Å². The zero-order valence-electron chi connectivity index (χ0n) is 36.2. The van der Waals surface area contributed by atoms with E-state index in [9.17, 15) is 34.8 Å². The lowest BCUT2D eigenvalue weighted by molar-refractivity contribution is -0.155. The summed E-state index contributed by atoms with van der Waals surface area (Å²) in [6.07, 6.45) is 5.23. The topological polar surface area (TPSA) is 209 Å². The van der Waals surface area contributed by atoms with E-state index in [4.69, 9.17) is 23.9 Å². The quantitative estimate of drug-likeness (QED) is 0.213. The monoisotopic (exact) mass is 832 g/mol. The maximum Gasteiger partial charge on any atom is 0.312 e. The van der Waals surface area contributed by atoms with Crippen LogP contribution in [0.2, 0.25) is 0 Å². The number of nitrogens with zero attached hydrogens (tertiary/aromatic N) is 3. The Labute approximate surface area is 350 Å². The Morgan fingerprint density at radius 2 is 1.70 bits per heavy atom. The number of fused-ring (bicyclic) bond motifs is 1. The number of hydrogen-bond acceptors (Lipinski definition) is 14. The number of likely N-dealkylation sites (tertiary alicyclic amines) is 1. The number of allylic oxidation sites excluding steroid dienone is 2. The van der Waals surface area contributed by atoms with Gasteiger partial charge >= 0.3 is 11.8 Å². The summed E-state index contributed by atoms with van der Waals surface area (Å²) in [4.78, 5) is 52.6. The third-order valence-electron chi connectivity index (χ3n) is 12.5. The molecule has 1 spiro atoms. The Hall–Kier alpha value is -4.83. The van der Waals surface area contributed by atoms with Gasteiger partial charge in [-0.05, 0) is 25.8 Å². The number of benzene rings is 2. The number of amides is 1. The molecule has 4 heterocycles. The number of rotatable bonds is 4. The Morgan fingerprint density at radius 1 is 1.02 bits per heavy atom. The van der Waals surface area contributed by atoms with Crippen molar-refractivity contribution in [3.05, 3.63) is 58.0 Å². The third kappa shape index (κ3) is 8.41. The molecule has 1 fully saturated rings. The normalized spacial score (nSPS) is 31.8. The highest BCUT2D eigenvalue weighted by Gasteiger charge is 2.50. The number of phenols is 2. The molecule has 0 aliphatic carbocycles. The van der Waals surface area contributed by atoms with Gasteiger partial charge in [-0.1, -0.05) is 52.8 Å². The molecule has 0 unspecified atom stereocenters. The molecule has 0 aromatic heterocycles. The zero-order valence-corrected chi connectivity index (χ0v) is 36.2. The van der Waals surface area contributed by atoms with Gasteiger partial charge in [0.1, 0.15) is 34.0 Å². The van der Waals surface area contributed by atoms with Gasteiger partial charge in [0.15, 0.2) is 5.75 Å². The lowest BCUT2D eigenvalue weighted by atomic mass is 9.81. The van der Waals surface area contributed by atoms with Crippen molar-refractivity contribution >= 4 is 34.1 Å². The summed E-state index contributed by atoms with van der Waals surface area (Å²) in [7, 11) is 1.46. The van der Waals surface area contributed by atoms with Crippen molar-refractivity contribution in [2.24, 2.45) is 33.7 Å². The SMILES string of the molecule is CO[C@H]1/C=C/O[C@@]2(C)Oc3c(C)c(O)c4c(O)c(c5c(c4c3C2=O)NC2(CCN(CC(C)C)CC2)N=5)=NC(=O)/C(C)=C\C=C\[C@H](C)[C@H](O)[C@@H](C)[C@@H](O)[C@@H](C)[C@H](OC(C)=O)C1. The van der Waals surface area contributed by atoms with Crippen LogP contribution in [0.4, 0.5) is 5.69 Å². The van der Waals surface area contributed by atoms with E-state index in [1.54, 1.807) is 46.8 Å². The predicted molar refractivity (Wildman–Crippen MR) is 223 cm³/mol. The average molecular weight is 833 g/mol. The number of aliphatic hydroxyl groups is 2. The van der Waals surface area contributed by atoms with Gasteiger partial charge in [-0.3, -0.25) is 19.4 Å². The van der Waals surface area contributed by atoms with Gasteiger partial charge in [0.05, 0.1) is 41.2 Å². The van der Waals surface area contributed by atoms with Crippen LogP contribution in [0.1, 0.15) is 90.6 Å². The molecule has 60 heavy (non-hydrogen) atoms. The first-order valence-corrected chi connectivity index (χ1v) is 20.8. The molecule has 1 amide bonds. The number of methoxy groups -OCH3 is 1. The fourth-order valence-corrected chi connectivity index (χ4v) is 8.80. The molecule has 5 N–H and O–H groups in total. The van der Waals surface area contributed by atoms with E-state index in [0.717, 1.165) is 19.6 Å². The minimum atomic E-state index is -1.94. The molecule has 2 aromatic carbocycles. The second-order valence-electron chi connectivity index (χ2n) is 17.5.